The molecule has 3 nitrogen and oxygen atoms in total. The first-order valence-electron chi connectivity index (χ1n) is 7.91. The Balaban J connectivity index is 1.82. The second-order valence-electron chi connectivity index (χ2n) is 6.06. The van der Waals surface area contributed by atoms with Crippen LogP contribution in [0.4, 0.5) is 4.39 Å². The van der Waals surface area contributed by atoms with Crippen molar-refractivity contribution in [2.75, 3.05) is 0 Å². The van der Waals surface area contributed by atoms with Crippen molar-refractivity contribution in [3.63, 3.8) is 0 Å². The molecule has 116 valence electrons. The molecule has 4 heteroatoms. The van der Waals surface area contributed by atoms with E-state index in [1.165, 1.54) is 44.6 Å². The van der Waals surface area contributed by atoms with Crippen molar-refractivity contribution in [2.45, 2.75) is 58.0 Å². The second kappa shape index (κ2) is 7.55. The summed E-state index contributed by atoms with van der Waals surface area (Å²) in [7, 11) is 0. The van der Waals surface area contributed by atoms with Crippen LogP contribution in [-0.4, -0.2) is 11.9 Å². The minimum Gasteiger partial charge on any atom is -0.366 e. The standard InChI is InChI=1S/C17H25FN2O/c1-2-3-12-4-8-15(9-5-12)20-11-14-7-6-13(17(19)21)10-16(14)18/h6-7,10,12,15,20H,2-5,8-9,11H2,1H3,(H2,19,21). The fourth-order valence-corrected chi connectivity index (χ4v) is 3.16. The zero-order valence-electron chi connectivity index (χ0n) is 12.7. The zero-order chi connectivity index (χ0) is 15.2. The molecule has 2 rings (SSSR count). The van der Waals surface area contributed by atoms with Gasteiger partial charge in [0.15, 0.2) is 0 Å². The first-order chi connectivity index (χ1) is 10.1. The Labute approximate surface area is 126 Å². The third-order valence-electron chi connectivity index (χ3n) is 4.46. The van der Waals surface area contributed by atoms with E-state index in [2.05, 4.69) is 12.2 Å². The maximum atomic E-state index is 13.9. The smallest absolute Gasteiger partial charge is 0.248 e. The monoisotopic (exact) mass is 292 g/mol. The molecular weight excluding hydrogens is 267 g/mol. The van der Waals surface area contributed by atoms with Crippen molar-refractivity contribution >= 4 is 5.91 Å². The summed E-state index contributed by atoms with van der Waals surface area (Å²) in [5, 5.41) is 3.43. The van der Waals surface area contributed by atoms with E-state index in [1.54, 1.807) is 12.1 Å². The Kier molecular flexibility index (Phi) is 5.74. The number of primary amides is 1. The van der Waals surface area contributed by atoms with Gasteiger partial charge in [-0.2, -0.15) is 0 Å². The molecule has 1 saturated carbocycles. The molecule has 0 bridgehead atoms. The highest BCUT2D eigenvalue weighted by Gasteiger charge is 2.20. The normalized spacial score (nSPS) is 22.2. The SMILES string of the molecule is CCCC1CCC(NCc2ccc(C(N)=O)cc2F)CC1. The molecule has 0 atom stereocenters. The molecule has 1 aromatic rings. The summed E-state index contributed by atoms with van der Waals surface area (Å²) < 4.78 is 13.9. The highest BCUT2D eigenvalue weighted by atomic mass is 19.1. The molecule has 0 saturated heterocycles. The average Bonchev–Trinajstić information content (AvgIpc) is 2.47. The Morgan fingerprint density at radius 2 is 2.05 bits per heavy atom. The first-order valence-corrected chi connectivity index (χ1v) is 7.91. The third-order valence-corrected chi connectivity index (χ3v) is 4.46. The second-order valence-corrected chi connectivity index (χ2v) is 6.06. The summed E-state index contributed by atoms with van der Waals surface area (Å²) in [4.78, 5) is 11.0. The van der Waals surface area contributed by atoms with Crippen LogP contribution in [0.25, 0.3) is 0 Å². The predicted octanol–water partition coefficient (Wildman–Crippen LogP) is 3.37. The molecule has 21 heavy (non-hydrogen) atoms. The van der Waals surface area contributed by atoms with Crippen LogP contribution in [-0.2, 0) is 6.54 Å². The summed E-state index contributed by atoms with van der Waals surface area (Å²) in [6.07, 6.45) is 7.48. The van der Waals surface area contributed by atoms with E-state index < -0.39 is 5.91 Å². The summed E-state index contributed by atoms with van der Waals surface area (Å²) in [5.41, 5.74) is 5.95. The van der Waals surface area contributed by atoms with Gasteiger partial charge < -0.3 is 11.1 Å². The Morgan fingerprint density at radius 3 is 2.62 bits per heavy atom. The van der Waals surface area contributed by atoms with Crippen LogP contribution in [0, 0.1) is 11.7 Å². The molecule has 0 unspecified atom stereocenters. The number of hydrogen-bond acceptors (Lipinski definition) is 2. The van der Waals surface area contributed by atoms with E-state index in [1.807, 2.05) is 0 Å². The van der Waals surface area contributed by atoms with E-state index in [9.17, 15) is 9.18 Å². The fourth-order valence-electron chi connectivity index (χ4n) is 3.16. The molecule has 1 aromatic carbocycles. The molecule has 1 aliphatic rings. The maximum Gasteiger partial charge on any atom is 0.248 e. The van der Waals surface area contributed by atoms with E-state index in [-0.39, 0.29) is 11.4 Å². The number of benzene rings is 1. The van der Waals surface area contributed by atoms with Gasteiger partial charge in [-0.25, -0.2) is 4.39 Å². The van der Waals surface area contributed by atoms with Gasteiger partial charge in [0.1, 0.15) is 5.82 Å². The van der Waals surface area contributed by atoms with Gasteiger partial charge >= 0.3 is 0 Å². The minimum atomic E-state index is -0.595. The third kappa shape index (κ3) is 4.53. The van der Waals surface area contributed by atoms with Crippen molar-refractivity contribution in [3.8, 4) is 0 Å². The number of carbonyl (C=O) groups is 1. The lowest BCUT2D eigenvalue weighted by Crippen LogP contribution is -2.33. The largest absolute Gasteiger partial charge is 0.366 e. The molecular formula is C17H25FN2O. The highest BCUT2D eigenvalue weighted by molar-refractivity contribution is 5.92. The van der Waals surface area contributed by atoms with Gasteiger partial charge in [-0.3, -0.25) is 4.79 Å². The van der Waals surface area contributed by atoms with Crippen molar-refractivity contribution < 1.29 is 9.18 Å². The number of carbonyl (C=O) groups excluding carboxylic acids is 1. The van der Waals surface area contributed by atoms with Crippen LogP contribution < -0.4 is 11.1 Å². The lowest BCUT2D eigenvalue weighted by atomic mass is 9.83. The number of nitrogens with two attached hydrogens (primary N) is 1. The van der Waals surface area contributed by atoms with E-state index in [4.69, 9.17) is 5.73 Å². The number of rotatable bonds is 6. The van der Waals surface area contributed by atoms with Gasteiger partial charge in [0, 0.05) is 23.7 Å². The summed E-state index contributed by atoms with van der Waals surface area (Å²) in [5.74, 6) is -0.0826. The van der Waals surface area contributed by atoms with Crippen LogP contribution in [0.5, 0.6) is 0 Å². The van der Waals surface area contributed by atoms with Crippen molar-refractivity contribution in [1.29, 1.82) is 0 Å². The summed E-state index contributed by atoms with van der Waals surface area (Å²) in [6, 6.07) is 4.93. The van der Waals surface area contributed by atoms with Crippen LogP contribution in [0.2, 0.25) is 0 Å². The van der Waals surface area contributed by atoms with Crippen LogP contribution in [0.1, 0.15) is 61.4 Å². The number of hydrogen-bond donors (Lipinski definition) is 2. The Hall–Kier alpha value is -1.42. The predicted molar refractivity (Wildman–Crippen MR) is 82.4 cm³/mol. The molecule has 0 aromatic heterocycles. The van der Waals surface area contributed by atoms with E-state index in [0.29, 0.717) is 18.2 Å². The molecule has 1 fully saturated rings. The summed E-state index contributed by atoms with van der Waals surface area (Å²) >= 11 is 0. The average molecular weight is 292 g/mol. The fraction of sp³-hybridized carbons (Fsp3) is 0.588. The molecule has 3 N–H and O–H groups in total. The maximum absolute atomic E-state index is 13.9. The van der Waals surface area contributed by atoms with E-state index in [0.717, 1.165) is 5.92 Å². The van der Waals surface area contributed by atoms with Crippen molar-refractivity contribution in [3.05, 3.63) is 35.1 Å². The molecule has 0 aliphatic heterocycles. The molecule has 1 aliphatic carbocycles. The summed E-state index contributed by atoms with van der Waals surface area (Å²) in [6.45, 7) is 2.75. The van der Waals surface area contributed by atoms with Crippen LogP contribution in [0.3, 0.4) is 0 Å². The van der Waals surface area contributed by atoms with Gasteiger partial charge in [0.2, 0.25) is 5.91 Å². The van der Waals surface area contributed by atoms with Crippen LogP contribution >= 0.6 is 0 Å². The minimum absolute atomic E-state index is 0.219. The van der Waals surface area contributed by atoms with Gasteiger partial charge in [-0.1, -0.05) is 25.8 Å². The van der Waals surface area contributed by atoms with Gasteiger partial charge in [-0.05, 0) is 43.7 Å². The quantitative estimate of drug-likeness (QED) is 0.844. The molecule has 0 spiro atoms. The van der Waals surface area contributed by atoms with Gasteiger partial charge in [0.25, 0.3) is 0 Å². The molecule has 1 amide bonds. The van der Waals surface area contributed by atoms with Crippen molar-refractivity contribution in [1.82, 2.24) is 5.32 Å². The lowest BCUT2D eigenvalue weighted by Gasteiger charge is -2.29. The zero-order valence-corrected chi connectivity index (χ0v) is 12.7. The van der Waals surface area contributed by atoms with E-state index >= 15 is 0 Å². The number of halogens is 1. The molecule has 0 radical (unpaired) electrons. The topological polar surface area (TPSA) is 55.1 Å². The van der Waals surface area contributed by atoms with Crippen molar-refractivity contribution in [2.24, 2.45) is 11.7 Å². The van der Waals surface area contributed by atoms with Crippen LogP contribution in [0.15, 0.2) is 18.2 Å². The lowest BCUT2D eigenvalue weighted by molar-refractivity contribution is 0.1000. The number of nitrogens with one attached hydrogen (secondary N) is 1. The highest BCUT2D eigenvalue weighted by Crippen LogP contribution is 2.27. The van der Waals surface area contributed by atoms with Gasteiger partial charge in [-0.15, -0.1) is 0 Å². The van der Waals surface area contributed by atoms with Gasteiger partial charge in [0.05, 0.1) is 0 Å². The first kappa shape index (κ1) is 16.0. The molecule has 0 heterocycles. The Bertz CT molecular complexity index is 482. The Morgan fingerprint density at radius 1 is 1.33 bits per heavy atom. The number of amides is 1.